The fourth-order valence-corrected chi connectivity index (χ4v) is 4.01. The molecule has 0 heterocycles. The molecule has 144 valence electrons. The van der Waals surface area contributed by atoms with Gasteiger partial charge in [0.05, 0.1) is 15.6 Å². The highest BCUT2D eigenvalue weighted by atomic mass is 35.5. The zero-order valence-corrected chi connectivity index (χ0v) is 17.2. The van der Waals surface area contributed by atoms with E-state index in [0.29, 0.717) is 21.4 Å². The first-order valence-electron chi connectivity index (χ1n) is 7.89. The van der Waals surface area contributed by atoms with Crippen molar-refractivity contribution in [2.24, 2.45) is 0 Å². The Morgan fingerprint density at radius 2 is 1.50 bits per heavy atom. The van der Waals surface area contributed by atoms with Crippen molar-refractivity contribution in [3.63, 3.8) is 0 Å². The van der Waals surface area contributed by atoms with Crippen LogP contribution >= 0.6 is 34.8 Å². The van der Waals surface area contributed by atoms with Gasteiger partial charge in [0.15, 0.2) is 0 Å². The minimum absolute atomic E-state index is 0.0581. The highest BCUT2D eigenvalue weighted by Crippen LogP contribution is 2.26. The summed E-state index contributed by atoms with van der Waals surface area (Å²) in [7, 11) is -3.89. The molecule has 3 aromatic carbocycles. The van der Waals surface area contributed by atoms with Crippen molar-refractivity contribution < 1.29 is 13.2 Å². The van der Waals surface area contributed by atoms with E-state index in [1.807, 2.05) is 0 Å². The molecule has 0 aromatic heterocycles. The van der Waals surface area contributed by atoms with Gasteiger partial charge in [0.25, 0.3) is 15.9 Å². The van der Waals surface area contributed by atoms with Crippen molar-refractivity contribution in [3.8, 4) is 0 Å². The van der Waals surface area contributed by atoms with Crippen LogP contribution in [0.2, 0.25) is 15.1 Å². The minimum atomic E-state index is -3.89. The number of halogens is 3. The van der Waals surface area contributed by atoms with Crippen LogP contribution in [0, 0.1) is 0 Å². The molecule has 0 atom stereocenters. The van der Waals surface area contributed by atoms with Crippen LogP contribution in [0.15, 0.2) is 71.6 Å². The van der Waals surface area contributed by atoms with Gasteiger partial charge in [-0.2, -0.15) is 0 Å². The molecule has 9 heteroatoms. The molecule has 0 unspecified atom stereocenters. The Morgan fingerprint density at radius 3 is 2.18 bits per heavy atom. The van der Waals surface area contributed by atoms with Gasteiger partial charge >= 0.3 is 0 Å². The van der Waals surface area contributed by atoms with E-state index in [2.05, 4.69) is 10.0 Å². The van der Waals surface area contributed by atoms with Gasteiger partial charge in [-0.15, -0.1) is 0 Å². The standard InChI is InChI=1S/C19H13Cl3N2O3S/c20-13-4-7-15(8-5-13)24-28(26,27)16-3-1-2-12(10-16)19(25)23-18-9-6-14(21)11-17(18)22/h1-11,24H,(H,23,25). The lowest BCUT2D eigenvalue weighted by Gasteiger charge is -2.11. The lowest BCUT2D eigenvalue weighted by atomic mass is 10.2. The zero-order chi connectivity index (χ0) is 20.3. The van der Waals surface area contributed by atoms with Crippen LogP contribution in [0.1, 0.15) is 10.4 Å². The van der Waals surface area contributed by atoms with Crippen LogP contribution in [0.4, 0.5) is 11.4 Å². The Balaban J connectivity index is 1.82. The Morgan fingerprint density at radius 1 is 0.821 bits per heavy atom. The number of carbonyl (C=O) groups excluding carboxylic acids is 1. The van der Waals surface area contributed by atoms with Crippen molar-refractivity contribution in [2.75, 3.05) is 10.0 Å². The second-order valence-electron chi connectivity index (χ2n) is 5.72. The van der Waals surface area contributed by atoms with Crippen LogP contribution in [-0.4, -0.2) is 14.3 Å². The summed E-state index contributed by atoms with van der Waals surface area (Å²) in [5.41, 5.74) is 0.876. The van der Waals surface area contributed by atoms with Gasteiger partial charge in [-0.3, -0.25) is 9.52 Å². The number of amides is 1. The molecule has 0 saturated carbocycles. The molecule has 5 nitrogen and oxygen atoms in total. The van der Waals surface area contributed by atoms with Gasteiger partial charge in [0, 0.05) is 21.3 Å². The molecule has 3 aromatic rings. The molecular weight excluding hydrogens is 443 g/mol. The Hall–Kier alpha value is -2.25. The zero-order valence-electron chi connectivity index (χ0n) is 14.1. The summed E-state index contributed by atoms with van der Waals surface area (Å²) < 4.78 is 27.6. The van der Waals surface area contributed by atoms with Gasteiger partial charge in [-0.1, -0.05) is 40.9 Å². The van der Waals surface area contributed by atoms with Crippen LogP contribution in [0.5, 0.6) is 0 Å². The largest absolute Gasteiger partial charge is 0.321 e. The third-order valence-corrected chi connectivity index (χ3v) is 5.86. The number of anilines is 2. The van der Waals surface area contributed by atoms with Crippen molar-refractivity contribution in [1.82, 2.24) is 0 Å². The van der Waals surface area contributed by atoms with E-state index in [4.69, 9.17) is 34.8 Å². The molecule has 2 N–H and O–H groups in total. The second kappa shape index (κ2) is 8.41. The molecule has 1 amide bonds. The average molecular weight is 456 g/mol. The summed E-state index contributed by atoms with van der Waals surface area (Å²) in [6, 6.07) is 16.5. The van der Waals surface area contributed by atoms with E-state index in [1.165, 1.54) is 30.3 Å². The monoisotopic (exact) mass is 454 g/mol. The maximum absolute atomic E-state index is 12.6. The maximum atomic E-state index is 12.6. The Kier molecular flexibility index (Phi) is 6.15. The third kappa shape index (κ3) is 4.97. The summed E-state index contributed by atoms with van der Waals surface area (Å²) in [5.74, 6) is -0.507. The summed E-state index contributed by atoms with van der Waals surface area (Å²) in [6.07, 6.45) is 0. The van der Waals surface area contributed by atoms with Crippen molar-refractivity contribution >= 4 is 62.1 Å². The van der Waals surface area contributed by atoms with Gasteiger partial charge < -0.3 is 5.32 Å². The Labute approximate surface area is 177 Å². The normalized spacial score (nSPS) is 11.1. The van der Waals surface area contributed by atoms with E-state index in [1.54, 1.807) is 36.4 Å². The number of sulfonamides is 1. The van der Waals surface area contributed by atoms with E-state index in [0.717, 1.165) is 0 Å². The Bertz CT molecular complexity index is 1130. The molecule has 0 bridgehead atoms. The van der Waals surface area contributed by atoms with E-state index in [9.17, 15) is 13.2 Å². The SMILES string of the molecule is O=C(Nc1ccc(Cl)cc1Cl)c1cccc(S(=O)(=O)Nc2ccc(Cl)cc2)c1. The van der Waals surface area contributed by atoms with Gasteiger partial charge in [0.1, 0.15) is 0 Å². The number of hydrogen-bond donors (Lipinski definition) is 2. The van der Waals surface area contributed by atoms with Gasteiger partial charge in [-0.25, -0.2) is 8.42 Å². The molecular formula is C19H13Cl3N2O3S. The van der Waals surface area contributed by atoms with Crippen LogP contribution in [0.3, 0.4) is 0 Å². The fraction of sp³-hybridized carbons (Fsp3) is 0. The summed E-state index contributed by atoms with van der Waals surface area (Å²) in [4.78, 5) is 12.4. The third-order valence-electron chi connectivity index (χ3n) is 3.68. The molecule has 0 radical (unpaired) electrons. The maximum Gasteiger partial charge on any atom is 0.261 e. The van der Waals surface area contributed by atoms with E-state index in [-0.39, 0.29) is 15.5 Å². The topological polar surface area (TPSA) is 75.3 Å². The second-order valence-corrected chi connectivity index (χ2v) is 8.68. The lowest BCUT2D eigenvalue weighted by Crippen LogP contribution is -2.16. The highest BCUT2D eigenvalue weighted by molar-refractivity contribution is 7.92. The van der Waals surface area contributed by atoms with Crippen molar-refractivity contribution in [2.45, 2.75) is 4.90 Å². The van der Waals surface area contributed by atoms with Crippen LogP contribution in [-0.2, 0) is 10.0 Å². The minimum Gasteiger partial charge on any atom is -0.321 e. The average Bonchev–Trinajstić information content (AvgIpc) is 2.66. The summed E-state index contributed by atoms with van der Waals surface area (Å²) in [5, 5.41) is 3.82. The molecule has 28 heavy (non-hydrogen) atoms. The van der Waals surface area contributed by atoms with Gasteiger partial charge in [-0.05, 0) is 60.7 Å². The predicted octanol–water partition coefficient (Wildman–Crippen LogP) is 5.70. The molecule has 0 fully saturated rings. The van der Waals surface area contributed by atoms with Crippen molar-refractivity contribution in [3.05, 3.63) is 87.4 Å². The van der Waals surface area contributed by atoms with Gasteiger partial charge in [0.2, 0.25) is 0 Å². The fourth-order valence-electron chi connectivity index (χ4n) is 2.32. The molecule has 0 aliphatic heterocycles. The smallest absolute Gasteiger partial charge is 0.261 e. The lowest BCUT2D eigenvalue weighted by molar-refractivity contribution is 0.102. The predicted molar refractivity (Wildman–Crippen MR) is 113 cm³/mol. The van der Waals surface area contributed by atoms with Crippen LogP contribution in [0.25, 0.3) is 0 Å². The summed E-state index contributed by atoms with van der Waals surface area (Å²) in [6.45, 7) is 0. The summed E-state index contributed by atoms with van der Waals surface area (Å²) >= 11 is 17.7. The number of carbonyl (C=O) groups is 1. The molecule has 3 rings (SSSR count). The first kappa shape index (κ1) is 20.5. The molecule has 0 aliphatic carbocycles. The molecule has 0 aliphatic rings. The number of benzene rings is 3. The van der Waals surface area contributed by atoms with E-state index >= 15 is 0 Å². The molecule has 0 saturated heterocycles. The number of nitrogens with one attached hydrogen (secondary N) is 2. The highest BCUT2D eigenvalue weighted by Gasteiger charge is 2.17. The number of rotatable bonds is 5. The first-order chi connectivity index (χ1) is 13.2. The molecule has 0 spiro atoms. The number of hydrogen-bond acceptors (Lipinski definition) is 3. The van der Waals surface area contributed by atoms with Crippen molar-refractivity contribution in [1.29, 1.82) is 0 Å². The van der Waals surface area contributed by atoms with E-state index < -0.39 is 15.9 Å². The van der Waals surface area contributed by atoms with Crippen LogP contribution < -0.4 is 10.0 Å². The first-order valence-corrected chi connectivity index (χ1v) is 10.5. The quantitative estimate of drug-likeness (QED) is 0.518.